The maximum absolute atomic E-state index is 13.0. The number of halogens is 2. The topological polar surface area (TPSA) is 29.1 Å². The Morgan fingerprint density at radius 2 is 2.29 bits per heavy atom. The van der Waals surface area contributed by atoms with Gasteiger partial charge in [0.15, 0.2) is 0 Å². The molecular weight excluding hydrogens is 305 g/mol. The van der Waals surface area contributed by atoms with Gasteiger partial charge in [0.2, 0.25) is 0 Å². The maximum Gasteiger partial charge on any atom is 0.252 e. The first-order valence-corrected chi connectivity index (χ1v) is 7.38. The summed E-state index contributed by atoms with van der Waals surface area (Å²) in [6, 6.07) is 4.09. The van der Waals surface area contributed by atoms with Crippen LogP contribution < -0.4 is 5.32 Å². The highest BCUT2D eigenvalue weighted by atomic mass is 79.9. The molecule has 0 aliphatic carbocycles. The molecule has 0 saturated heterocycles. The first-order valence-electron chi connectivity index (χ1n) is 5.30. The zero-order valence-corrected chi connectivity index (χ0v) is 12.2. The predicted octanol–water partition coefficient (Wildman–Crippen LogP) is 3.46. The van der Waals surface area contributed by atoms with Crippen LogP contribution in [0.5, 0.6) is 0 Å². The van der Waals surface area contributed by atoms with Crippen LogP contribution in [-0.4, -0.2) is 24.0 Å². The fraction of sp³-hybridized carbons (Fsp3) is 0.417. The fourth-order valence-electron chi connectivity index (χ4n) is 1.27. The Hall–Kier alpha value is -0.550. The zero-order valence-electron chi connectivity index (χ0n) is 9.80. The van der Waals surface area contributed by atoms with Crippen LogP contribution in [0.1, 0.15) is 23.7 Å². The van der Waals surface area contributed by atoms with Gasteiger partial charge in [-0.3, -0.25) is 4.79 Å². The molecule has 1 aromatic carbocycles. The summed E-state index contributed by atoms with van der Waals surface area (Å²) in [7, 11) is 0. The molecule has 0 heterocycles. The summed E-state index contributed by atoms with van der Waals surface area (Å²) in [4.78, 5) is 11.8. The highest BCUT2D eigenvalue weighted by Gasteiger charge is 2.10. The van der Waals surface area contributed by atoms with E-state index in [0.717, 1.165) is 6.42 Å². The van der Waals surface area contributed by atoms with Gasteiger partial charge in [0.1, 0.15) is 5.82 Å². The van der Waals surface area contributed by atoms with E-state index in [1.807, 2.05) is 6.26 Å². The molecule has 0 radical (unpaired) electrons. The second-order valence-electron chi connectivity index (χ2n) is 3.72. The lowest BCUT2D eigenvalue weighted by Crippen LogP contribution is -2.26. The number of hydrogen-bond donors (Lipinski definition) is 1. The number of nitrogens with one attached hydrogen (secondary N) is 1. The highest BCUT2D eigenvalue weighted by Crippen LogP contribution is 2.17. The first-order chi connectivity index (χ1) is 8.04. The number of amides is 1. The third-order valence-corrected chi connectivity index (χ3v) is 4.14. The summed E-state index contributed by atoms with van der Waals surface area (Å²) >= 11 is 4.99. The van der Waals surface area contributed by atoms with Crippen molar-refractivity contribution in [3.8, 4) is 0 Å². The van der Waals surface area contributed by atoms with Crippen molar-refractivity contribution in [3.63, 3.8) is 0 Å². The SMILES string of the molecule is CSC(C)CCNC(=O)c1cc(F)ccc1Br. The van der Waals surface area contributed by atoms with Crippen molar-refractivity contribution >= 4 is 33.6 Å². The fourth-order valence-corrected chi connectivity index (χ4v) is 2.05. The van der Waals surface area contributed by atoms with Crippen molar-refractivity contribution in [2.75, 3.05) is 12.8 Å². The highest BCUT2D eigenvalue weighted by molar-refractivity contribution is 9.10. The summed E-state index contributed by atoms with van der Waals surface area (Å²) in [5.41, 5.74) is 0.335. The number of carbonyl (C=O) groups excluding carboxylic acids is 1. The van der Waals surface area contributed by atoms with E-state index in [0.29, 0.717) is 21.8 Å². The molecule has 5 heteroatoms. The number of benzene rings is 1. The number of hydrogen-bond acceptors (Lipinski definition) is 2. The van der Waals surface area contributed by atoms with Gasteiger partial charge in [-0.25, -0.2) is 4.39 Å². The van der Waals surface area contributed by atoms with E-state index >= 15 is 0 Å². The van der Waals surface area contributed by atoms with Crippen molar-refractivity contribution in [1.82, 2.24) is 5.32 Å². The van der Waals surface area contributed by atoms with Gasteiger partial charge in [-0.15, -0.1) is 0 Å². The van der Waals surface area contributed by atoms with Crippen molar-refractivity contribution in [2.24, 2.45) is 0 Å². The normalized spacial score (nSPS) is 12.2. The lowest BCUT2D eigenvalue weighted by molar-refractivity contribution is 0.0952. The second kappa shape index (κ2) is 7.01. The van der Waals surface area contributed by atoms with Gasteiger partial charge in [-0.2, -0.15) is 11.8 Å². The Morgan fingerprint density at radius 3 is 2.94 bits per heavy atom. The molecule has 1 rings (SSSR count). The van der Waals surface area contributed by atoms with Crippen molar-refractivity contribution in [2.45, 2.75) is 18.6 Å². The van der Waals surface area contributed by atoms with Crippen LogP contribution in [0.3, 0.4) is 0 Å². The quantitative estimate of drug-likeness (QED) is 0.900. The van der Waals surface area contributed by atoms with E-state index in [4.69, 9.17) is 0 Å². The third-order valence-electron chi connectivity index (χ3n) is 2.41. The number of thioether (sulfide) groups is 1. The van der Waals surface area contributed by atoms with Gasteiger partial charge in [0, 0.05) is 16.3 Å². The van der Waals surface area contributed by atoms with Gasteiger partial charge in [0.05, 0.1) is 5.56 Å². The van der Waals surface area contributed by atoms with Crippen LogP contribution >= 0.6 is 27.7 Å². The van der Waals surface area contributed by atoms with E-state index in [-0.39, 0.29) is 5.91 Å². The lowest BCUT2D eigenvalue weighted by atomic mass is 10.2. The minimum absolute atomic E-state index is 0.246. The Bertz CT molecular complexity index is 400. The van der Waals surface area contributed by atoms with Crippen LogP contribution in [-0.2, 0) is 0 Å². The predicted molar refractivity (Wildman–Crippen MR) is 74.0 cm³/mol. The van der Waals surface area contributed by atoms with Gasteiger partial charge in [-0.1, -0.05) is 6.92 Å². The van der Waals surface area contributed by atoms with E-state index in [1.54, 1.807) is 11.8 Å². The summed E-state index contributed by atoms with van der Waals surface area (Å²) in [5.74, 6) is -0.652. The largest absolute Gasteiger partial charge is 0.352 e. The molecule has 2 nitrogen and oxygen atoms in total. The molecule has 1 amide bonds. The molecule has 1 N–H and O–H groups in total. The molecule has 0 aliphatic rings. The summed E-state index contributed by atoms with van der Waals surface area (Å²) in [6.45, 7) is 2.71. The van der Waals surface area contributed by atoms with Crippen LogP contribution in [0.15, 0.2) is 22.7 Å². The average molecular weight is 320 g/mol. The minimum Gasteiger partial charge on any atom is -0.352 e. The molecule has 0 aromatic heterocycles. The molecular formula is C12H15BrFNOS. The van der Waals surface area contributed by atoms with Crippen LogP contribution in [0.2, 0.25) is 0 Å². The molecule has 94 valence electrons. The van der Waals surface area contributed by atoms with Crippen LogP contribution in [0, 0.1) is 5.82 Å². The van der Waals surface area contributed by atoms with Crippen molar-refractivity contribution in [3.05, 3.63) is 34.1 Å². The van der Waals surface area contributed by atoms with E-state index in [1.165, 1.54) is 18.2 Å². The summed E-state index contributed by atoms with van der Waals surface area (Å²) in [5, 5.41) is 3.29. The smallest absolute Gasteiger partial charge is 0.252 e. The second-order valence-corrected chi connectivity index (χ2v) is 5.85. The van der Waals surface area contributed by atoms with Crippen molar-refractivity contribution in [1.29, 1.82) is 0 Å². The van der Waals surface area contributed by atoms with Gasteiger partial charge < -0.3 is 5.32 Å². The van der Waals surface area contributed by atoms with E-state index in [2.05, 4.69) is 28.2 Å². The van der Waals surface area contributed by atoms with Crippen LogP contribution in [0.25, 0.3) is 0 Å². The summed E-state index contributed by atoms with van der Waals surface area (Å²) in [6.07, 6.45) is 2.94. The van der Waals surface area contributed by atoms with Gasteiger partial charge >= 0.3 is 0 Å². The number of rotatable bonds is 5. The van der Waals surface area contributed by atoms with Crippen molar-refractivity contribution < 1.29 is 9.18 Å². The Labute approximate surface area is 113 Å². The minimum atomic E-state index is -0.407. The zero-order chi connectivity index (χ0) is 12.8. The summed E-state index contributed by atoms with van der Waals surface area (Å²) < 4.78 is 13.6. The average Bonchev–Trinajstić information content (AvgIpc) is 2.31. The van der Waals surface area contributed by atoms with Gasteiger partial charge in [-0.05, 0) is 46.8 Å². The maximum atomic E-state index is 13.0. The molecule has 1 unspecified atom stereocenters. The molecule has 1 atom stereocenters. The Balaban J connectivity index is 2.55. The molecule has 0 saturated carbocycles. The third kappa shape index (κ3) is 4.68. The van der Waals surface area contributed by atoms with Gasteiger partial charge in [0.25, 0.3) is 5.91 Å². The molecule has 0 bridgehead atoms. The number of carbonyl (C=O) groups is 1. The molecule has 17 heavy (non-hydrogen) atoms. The Morgan fingerprint density at radius 1 is 1.59 bits per heavy atom. The monoisotopic (exact) mass is 319 g/mol. The van der Waals surface area contributed by atoms with Crippen LogP contribution in [0.4, 0.5) is 4.39 Å². The molecule has 0 fully saturated rings. The first kappa shape index (κ1) is 14.5. The van der Waals surface area contributed by atoms with E-state index in [9.17, 15) is 9.18 Å². The molecule has 0 spiro atoms. The lowest BCUT2D eigenvalue weighted by Gasteiger charge is -2.10. The molecule has 0 aliphatic heterocycles. The Kier molecular flexibility index (Phi) is 5.98. The van der Waals surface area contributed by atoms with E-state index < -0.39 is 5.82 Å². The standard InChI is InChI=1S/C12H15BrFNOS/c1-8(17-2)5-6-15-12(16)10-7-9(14)3-4-11(10)13/h3-4,7-8H,5-6H2,1-2H3,(H,15,16). The molecule has 1 aromatic rings.